The Balaban J connectivity index is 1.90. The summed E-state index contributed by atoms with van der Waals surface area (Å²) in [5.41, 5.74) is -0.974. The van der Waals surface area contributed by atoms with Gasteiger partial charge in [-0.2, -0.15) is 13.2 Å². The van der Waals surface area contributed by atoms with Gasteiger partial charge in [0.2, 0.25) is 0 Å². The van der Waals surface area contributed by atoms with Crippen molar-refractivity contribution in [3.8, 4) is 0 Å². The van der Waals surface area contributed by atoms with Gasteiger partial charge in [0.05, 0.1) is 6.10 Å². The van der Waals surface area contributed by atoms with E-state index in [9.17, 15) is 18.0 Å². The van der Waals surface area contributed by atoms with Gasteiger partial charge in [-0.3, -0.25) is 0 Å². The molecule has 0 aromatic carbocycles. The zero-order valence-electron chi connectivity index (χ0n) is 10.4. The summed E-state index contributed by atoms with van der Waals surface area (Å²) < 4.78 is 42.6. The second-order valence-corrected chi connectivity index (χ2v) is 4.45. The van der Waals surface area contributed by atoms with Crippen molar-refractivity contribution in [3.05, 3.63) is 23.9 Å². The number of ether oxygens (including phenoxy) is 1. The molecular weight excluding hydrogens is 277 g/mol. The zero-order chi connectivity index (χ0) is 14.8. The van der Waals surface area contributed by atoms with Crippen LogP contribution in [0, 0.1) is 0 Å². The smallest absolute Gasteiger partial charge is 0.433 e. The number of carbonyl (C=O) groups is 1. The molecule has 20 heavy (non-hydrogen) atoms. The van der Waals surface area contributed by atoms with Gasteiger partial charge in [-0.25, -0.2) is 9.78 Å². The van der Waals surface area contributed by atoms with Gasteiger partial charge in [-0.05, 0) is 25.0 Å². The number of rotatable bonds is 4. The molecule has 1 aliphatic rings. The third kappa shape index (κ3) is 3.60. The standard InChI is InChI=1S/C12H13F3N2O3/c13-12(14,15)9-2-1-3-10(17-9)16-6-7-4-5-8(20-7)11(18)19/h1-3,7-8H,4-6H2,(H,16,17)(H,18,19). The Morgan fingerprint density at radius 2 is 2.20 bits per heavy atom. The predicted molar refractivity (Wildman–Crippen MR) is 63.3 cm³/mol. The van der Waals surface area contributed by atoms with E-state index in [2.05, 4.69) is 10.3 Å². The Labute approximate surface area is 112 Å². The van der Waals surface area contributed by atoms with Crippen molar-refractivity contribution in [2.24, 2.45) is 0 Å². The minimum Gasteiger partial charge on any atom is -0.479 e. The Hall–Kier alpha value is -1.83. The summed E-state index contributed by atoms with van der Waals surface area (Å²) in [7, 11) is 0. The van der Waals surface area contributed by atoms with E-state index in [-0.39, 0.29) is 18.5 Å². The van der Waals surface area contributed by atoms with Crippen LogP contribution in [-0.4, -0.2) is 34.8 Å². The van der Waals surface area contributed by atoms with Crippen molar-refractivity contribution < 1.29 is 27.8 Å². The Bertz CT molecular complexity index is 493. The SMILES string of the molecule is O=C(O)C1CCC(CNc2cccc(C(F)(F)F)n2)O1. The second kappa shape index (κ2) is 5.66. The molecule has 5 nitrogen and oxygen atoms in total. The van der Waals surface area contributed by atoms with Gasteiger partial charge in [-0.1, -0.05) is 6.07 Å². The molecule has 2 unspecified atom stereocenters. The van der Waals surface area contributed by atoms with Gasteiger partial charge in [0.15, 0.2) is 6.10 Å². The average molecular weight is 290 g/mol. The summed E-state index contributed by atoms with van der Waals surface area (Å²) in [5, 5.41) is 11.5. The molecular formula is C12H13F3N2O3. The third-order valence-corrected chi connectivity index (χ3v) is 2.93. The van der Waals surface area contributed by atoms with Crippen LogP contribution in [0.3, 0.4) is 0 Å². The number of aliphatic carboxylic acids is 1. The number of alkyl halides is 3. The van der Waals surface area contributed by atoms with Gasteiger partial charge < -0.3 is 15.2 Å². The first-order chi connectivity index (χ1) is 9.36. The van der Waals surface area contributed by atoms with Gasteiger partial charge in [-0.15, -0.1) is 0 Å². The highest BCUT2D eigenvalue weighted by molar-refractivity contribution is 5.72. The van der Waals surface area contributed by atoms with E-state index in [4.69, 9.17) is 9.84 Å². The summed E-state index contributed by atoms with van der Waals surface area (Å²) in [6, 6.07) is 3.56. The maximum Gasteiger partial charge on any atom is 0.433 e. The number of carboxylic acid groups (broad SMARTS) is 1. The third-order valence-electron chi connectivity index (χ3n) is 2.93. The predicted octanol–water partition coefficient (Wildman–Crippen LogP) is 2.14. The molecule has 1 fully saturated rings. The monoisotopic (exact) mass is 290 g/mol. The minimum atomic E-state index is -4.49. The summed E-state index contributed by atoms with van der Waals surface area (Å²) in [6.07, 6.45) is -4.72. The van der Waals surface area contributed by atoms with Crippen molar-refractivity contribution in [1.29, 1.82) is 0 Å². The lowest BCUT2D eigenvalue weighted by molar-refractivity contribution is -0.149. The van der Waals surface area contributed by atoms with Crippen LogP contribution in [0.2, 0.25) is 0 Å². The quantitative estimate of drug-likeness (QED) is 0.889. The molecule has 1 saturated heterocycles. The van der Waals surface area contributed by atoms with Crippen LogP contribution in [-0.2, 0) is 15.7 Å². The molecule has 0 aliphatic carbocycles. The minimum absolute atomic E-state index is 0.0854. The molecule has 8 heteroatoms. The number of pyridine rings is 1. The van der Waals surface area contributed by atoms with Crippen LogP contribution >= 0.6 is 0 Å². The van der Waals surface area contributed by atoms with E-state index < -0.39 is 23.9 Å². The lowest BCUT2D eigenvalue weighted by Crippen LogP contribution is -2.25. The lowest BCUT2D eigenvalue weighted by Gasteiger charge is -2.13. The topological polar surface area (TPSA) is 71.5 Å². The first-order valence-electron chi connectivity index (χ1n) is 6.02. The van der Waals surface area contributed by atoms with Crippen molar-refractivity contribution in [2.45, 2.75) is 31.2 Å². The first-order valence-corrected chi connectivity index (χ1v) is 6.02. The average Bonchev–Trinajstić information content (AvgIpc) is 2.85. The molecule has 0 bridgehead atoms. The molecule has 2 N–H and O–H groups in total. The van der Waals surface area contributed by atoms with Crippen molar-refractivity contribution >= 4 is 11.8 Å². The Kier molecular flexibility index (Phi) is 4.12. The molecule has 1 aromatic rings. The molecule has 2 heterocycles. The highest BCUT2D eigenvalue weighted by Gasteiger charge is 2.33. The lowest BCUT2D eigenvalue weighted by atomic mass is 10.2. The van der Waals surface area contributed by atoms with Crippen LogP contribution in [0.15, 0.2) is 18.2 Å². The molecule has 0 spiro atoms. The maximum absolute atomic E-state index is 12.5. The van der Waals surface area contributed by atoms with Gasteiger partial charge in [0.1, 0.15) is 11.5 Å². The number of hydrogen-bond acceptors (Lipinski definition) is 4. The molecule has 0 radical (unpaired) electrons. The highest BCUT2D eigenvalue weighted by atomic mass is 19.4. The fourth-order valence-electron chi connectivity index (χ4n) is 1.95. The van der Waals surface area contributed by atoms with Crippen molar-refractivity contribution in [2.75, 3.05) is 11.9 Å². The van der Waals surface area contributed by atoms with Gasteiger partial charge in [0, 0.05) is 6.54 Å². The van der Waals surface area contributed by atoms with Crippen molar-refractivity contribution in [3.63, 3.8) is 0 Å². The zero-order valence-corrected chi connectivity index (χ0v) is 10.4. The van der Waals surface area contributed by atoms with E-state index in [0.717, 1.165) is 6.07 Å². The number of nitrogens with zero attached hydrogens (tertiary/aromatic N) is 1. The summed E-state index contributed by atoms with van der Waals surface area (Å²) in [4.78, 5) is 14.1. The molecule has 110 valence electrons. The summed E-state index contributed by atoms with van der Waals surface area (Å²) >= 11 is 0. The number of hydrogen-bond donors (Lipinski definition) is 2. The first kappa shape index (κ1) is 14.6. The number of carboxylic acids is 1. The van der Waals surface area contributed by atoms with E-state index >= 15 is 0 Å². The Morgan fingerprint density at radius 3 is 2.80 bits per heavy atom. The van der Waals surface area contributed by atoms with Crippen LogP contribution in [0.4, 0.5) is 19.0 Å². The number of aromatic nitrogens is 1. The fraction of sp³-hybridized carbons (Fsp3) is 0.500. The summed E-state index contributed by atoms with van der Waals surface area (Å²) in [6.45, 7) is 0.220. The molecule has 1 aliphatic heterocycles. The van der Waals surface area contributed by atoms with Crippen LogP contribution in [0.5, 0.6) is 0 Å². The maximum atomic E-state index is 12.5. The van der Waals surface area contributed by atoms with Crippen LogP contribution < -0.4 is 5.32 Å². The molecule has 0 amide bonds. The summed E-state index contributed by atoms with van der Waals surface area (Å²) in [5.74, 6) is -0.938. The molecule has 2 atom stereocenters. The normalized spacial score (nSPS) is 22.8. The highest BCUT2D eigenvalue weighted by Crippen LogP contribution is 2.28. The molecule has 0 saturated carbocycles. The number of anilines is 1. The molecule has 1 aromatic heterocycles. The largest absolute Gasteiger partial charge is 0.479 e. The van der Waals surface area contributed by atoms with E-state index in [1.807, 2.05) is 0 Å². The van der Waals surface area contributed by atoms with E-state index in [0.29, 0.717) is 12.8 Å². The second-order valence-electron chi connectivity index (χ2n) is 4.45. The van der Waals surface area contributed by atoms with Gasteiger partial charge in [0.25, 0.3) is 0 Å². The van der Waals surface area contributed by atoms with Crippen LogP contribution in [0.25, 0.3) is 0 Å². The number of nitrogens with one attached hydrogen (secondary N) is 1. The number of halogens is 3. The van der Waals surface area contributed by atoms with E-state index in [1.165, 1.54) is 12.1 Å². The fourth-order valence-corrected chi connectivity index (χ4v) is 1.95. The van der Waals surface area contributed by atoms with Crippen LogP contribution in [0.1, 0.15) is 18.5 Å². The van der Waals surface area contributed by atoms with Crippen molar-refractivity contribution in [1.82, 2.24) is 4.98 Å². The Morgan fingerprint density at radius 1 is 1.45 bits per heavy atom. The van der Waals surface area contributed by atoms with Gasteiger partial charge >= 0.3 is 12.1 Å². The van der Waals surface area contributed by atoms with E-state index in [1.54, 1.807) is 0 Å². The molecule has 2 rings (SSSR count).